The Bertz CT molecular complexity index is 682. The van der Waals surface area contributed by atoms with E-state index in [0.29, 0.717) is 9.52 Å². The maximum atomic E-state index is 6.15. The van der Waals surface area contributed by atoms with E-state index in [0.717, 1.165) is 5.57 Å². The highest BCUT2D eigenvalue weighted by molar-refractivity contribution is 6.67. The summed E-state index contributed by atoms with van der Waals surface area (Å²) in [6.07, 6.45) is 0.0861. The zero-order valence-corrected chi connectivity index (χ0v) is 15.8. The fourth-order valence-corrected chi connectivity index (χ4v) is 3.91. The van der Waals surface area contributed by atoms with Gasteiger partial charge in [0.1, 0.15) is 9.52 Å². The molecule has 0 N–H and O–H groups in total. The van der Waals surface area contributed by atoms with Crippen molar-refractivity contribution in [2.24, 2.45) is 0 Å². The van der Waals surface area contributed by atoms with Crippen molar-refractivity contribution < 1.29 is 4.74 Å². The fraction of sp³-hybridized carbons (Fsp3) is 0.333. The van der Waals surface area contributed by atoms with E-state index in [1.165, 1.54) is 21.5 Å². The molecule has 0 aliphatic rings. The largest absolute Gasteiger partial charge is 0.368 e. The molecule has 2 heteroatoms. The molecule has 2 aromatic carbocycles. The van der Waals surface area contributed by atoms with E-state index >= 15 is 0 Å². The molecule has 0 aliphatic heterocycles. The first-order chi connectivity index (χ1) is 10.8. The van der Waals surface area contributed by atoms with Crippen LogP contribution in [0, 0.1) is 0 Å². The second kappa shape index (κ2) is 7.29. The first-order valence-corrected chi connectivity index (χ1v) is 9.06. The topological polar surface area (TPSA) is 9.23 Å². The maximum absolute atomic E-state index is 6.15. The molecule has 0 saturated heterocycles. The number of benzene rings is 2. The van der Waals surface area contributed by atoms with Crippen LogP contribution in [0.2, 0.25) is 0 Å². The van der Waals surface area contributed by atoms with Crippen molar-refractivity contribution in [2.75, 3.05) is 0 Å². The third-order valence-electron chi connectivity index (χ3n) is 3.56. The van der Waals surface area contributed by atoms with Crippen molar-refractivity contribution in [1.29, 1.82) is 0 Å². The van der Waals surface area contributed by atoms with Gasteiger partial charge in [0.25, 0.3) is 0 Å². The molecular formula is C21H26OSi. The van der Waals surface area contributed by atoms with Crippen LogP contribution >= 0.6 is 0 Å². The molecule has 1 atom stereocenters. The molecule has 0 aromatic heterocycles. The minimum atomic E-state index is -0.143. The van der Waals surface area contributed by atoms with Crippen LogP contribution in [0.1, 0.15) is 51.8 Å². The normalized spacial score (nSPS) is 12.9. The van der Waals surface area contributed by atoms with Gasteiger partial charge in [-0.1, -0.05) is 71.1 Å². The van der Waals surface area contributed by atoms with E-state index in [1.54, 1.807) is 0 Å². The molecule has 2 aromatic rings. The van der Waals surface area contributed by atoms with E-state index in [1.807, 2.05) is 0 Å². The maximum Gasteiger partial charge on any atom is 0.122 e. The summed E-state index contributed by atoms with van der Waals surface area (Å²) >= 11 is 0. The lowest BCUT2D eigenvalue weighted by molar-refractivity contribution is -0.0525. The summed E-state index contributed by atoms with van der Waals surface area (Å²) in [4.78, 5) is 0. The minimum absolute atomic E-state index is 0.0861. The van der Waals surface area contributed by atoms with Gasteiger partial charge >= 0.3 is 0 Å². The summed E-state index contributed by atoms with van der Waals surface area (Å²) in [6.45, 7) is 14.5. The molecule has 0 spiro atoms. The Labute approximate surface area is 143 Å². The van der Waals surface area contributed by atoms with Gasteiger partial charge in [0.05, 0.1) is 11.7 Å². The van der Waals surface area contributed by atoms with Crippen LogP contribution in [0.5, 0.6) is 0 Å². The van der Waals surface area contributed by atoms with Gasteiger partial charge in [0.2, 0.25) is 0 Å². The molecule has 0 heterocycles. The van der Waals surface area contributed by atoms with Gasteiger partial charge in [-0.15, -0.1) is 0 Å². The summed E-state index contributed by atoms with van der Waals surface area (Å²) in [5, 5.41) is 2.68. The van der Waals surface area contributed by atoms with E-state index in [9.17, 15) is 0 Å². The van der Waals surface area contributed by atoms with Crippen LogP contribution in [-0.2, 0) is 4.74 Å². The number of rotatable bonds is 5. The summed E-state index contributed by atoms with van der Waals surface area (Å²) in [7, 11) is 0.623. The van der Waals surface area contributed by atoms with Gasteiger partial charge in [-0.2, -0.15) is 0 Å². The predicted molar refractivity (Wildman–Crippen MR) is 102 cm³/mol. The summed E-state index contributed by atoms with van der Waals surface area (Å²) in [5.74, 6) is 0. The molecule has 0 fully saturated rings. The average Bonchev–Trinajstić information content (AvgIpc) is 2.46. The van der Waals surface area contributed by atoms with Gasteiger partial charge in [0.15, 0.2) is 0 Å². The second-order valence-electron chi connectivity index (χ2n) is 6.95. The molecule has 0 aliphatic carbocycles. The Morgan fingerprint density at radius 2 is 1.78 bits per heavy atom. The Morgan fingerprint density at radius 1 is 1.09 bits per heavy atom. The third-order valence-corrected chi connectivity index (χ3v) is 4.89. The zero-order chi connectivity index (χ0) is 17.0. The van der Waals surface area contributed by atoms with Crippen LogP contribution in [0.15, 0.2) is 55.1 Å². The lowest BCUT2D eigenvalue weighted by Crippen LogP contribution is -2.32. The molecule has 120 valence electrons. The molecule has 0 bridgehead atoms. The summed E-state index contributed by atoms with van der Waals surface area (Å²) in [5.41, 5.74) is 3.46. The molecule has 0 amide bonds. The monoisotopic (exact) mass is 322 g/mol. The second-order valence-corrected chi connectivity index (χ2v) is 8.31. The van der Waals surface area contributed by atoms with Gasteiger partial charge in [-0.25, -0.2) is 0 Å². The van der Waals surface area contributed by atoms with Gasteiger partial charge < -0.3 is 4.74 Å². The lowest BCUT2D eigenvalue weighted by Gasteiger charge is -2.26. The first kappa shape index (κ1) is 17.7. The van der Waals surface area contributed by atoms with Crippen molar-refractivity contribution in [3.8, 4) is 0 Å². The smallest absolute Gasteiger partial charge is 0.122 e. The molecular weight excluding hydrogens is 296 g/mol. The van der Waals surface area contributed by atoms with Crippen LogP contribution in [-0.4, -0.2) is 15.1 Å². The van der Waals surface area contributed by atoms with Crippen LogP contribution in [0.4, 0.5) is 0 Å². The predicted octanol–water partition coefficient (Wildman–Crippen LogP) is 4.25. The Kier molecular flexibility index (Phi) is 5.61. The Balaban J connectivity index is 2.27. The van der Waals surface area contributed by atoms with Crippen LogP contribution in [0.3, 0.4) is 0 Å². The number of ether oxygens (including phenoxy) is 1. The number of hydrogen-bond donors (Lipinski definition) is 0. The van der Waals surface area contributed by atoms with E-state index in [2.05, 4.69) is 89.7 Å². The van der Waals surface area contributed by atoms with Crippen molar-refractivity contribution in [1.82, 2.24) is 0 Å². The van der Waals surface area contributed by atoms with E-state index in [4.69, 9.17) is 4.74 Å². The molecule has 2 radical (unpaired) electrons. The van der Waals surface area contributed by atoms with Crippen LogP contribution < -0.4 is 10.4 Å². The lowest BCUT2D eigenvalue weighted by atomic mass is 10.1. The standard InChI is InChI=1S/C21H26OSi/c1-15(2)17-10-9-11-18(14-17)23-20-13-8-7-12-19(20)16(3)22-21(4,5)6/h7-14,16H,1H2,2-6H3. The number of hydrogen-bond acceptors (Lipinski definition) is 1. The van der Waals surface area contributed by atoms with Gasteiger partial charge in [0, 0.05) is 0 Å². The van der Waals surface area contributed by atoms with Crippen LogP contribution in [0.25, 0.3) is 5.57 Å². The van der Waals surface area contributed by atoms with E-state index < -0.39 is 0 Å². The van der Waals surface area contributed by atoms with E-state index in [-0.39, 0.29) is 11.7 Å². The quantitative estimate of drug-likeness (QED) is 0.748. The highest BCUT2D eigenvalue weighted by Gasteiger charge is 2.18. The fourth-order valence-electron chi connectivity index (χ4n) is 2.58. The van der Waals surface area contributed by atoms with Gasteiger partial charge in [-0.3, -0.25) is 0 Å². The average molecular weight is 323 g/mol. The SMILES string of the molecule is C=C(C)c1cccc([Si]c2ccccc2C(C)OC(C)(C)C)c1. The molecule has 2 rings (SSSR count). The molecule has 0 saturated carbocycles. The number of allylic oxidation sites excluding steroid dienone is 1. The van der Waals surface area contributed by atoms with Crippen molar-refractivity contribution >= 4 is 25.5 Å². The highest BCUT2D eigenvalue weighted by Crippen LogP contribution is 2.22. The Hall–Kier alpha value is -1.64. The van der Waals surface area contributed by atoms with Gasteiger partial charge in [-0.05, 0) is 45.7 Å². The minimum Gasteiger partial charge on any atom is -0.368 e. The van der Waals surface area contributed by atoms with Crippen molar-refractivity contribution in [2.45, 2.75) is 46.3 Å². The molecule has 23 heavy (non-hydrogen) atoms. The Morgan fingerprint density at radius 3 is 2.43 bits per heavy atom. The van der Waals surface area contributed by atoms with Crippen molar-refractivity contribution in [3.63, 3.8) is 0 Å². The third kappa shape index (κ3) is 5.19. The molecule has 1 nitrogen and oxygen atoms in total. The summed E-state index contributed by atoms with van der Waals surface area (Å²) < 4.78 is 6.15. The molecule has 1 unspecified atom stereocenters. The zero-order valence-electron chi connectivity index (χ0n) is 14.8. The highest BCUT2D eigenvalue weighted by atomic mass is 28.2. The summed E-state index contributed by atoms with van der Waals surface area (Å²) in [6, 6.07) is 17.3. The van der Waals surface area contributed by atoms with Crippen molar-refractivity contribution in [3.05, 3.63) is 66.2 Å². The first-order valence-electron chi connectivity index (χ1n) is 8.06.